The van der Waals surface area contributed by atoms with Crippen molar-refractivity contribution in [3.63, 3.8) is 0 Å². The Morgan fingerprint density at radius 3 is 2.33 bits per heavy atom. The van der Waals surface area contributed by atoms with E-state index in [2.05, 4.69) is 5.32 Å². The smallest absolute Gasteiger partial charge is 0.265 e. The fraction of sp³-hybridized carbons (Fsp3) is 0.222. The maximum Gasteiger partial charge on any atom is 0.265 e. The third-order valence-corrected chi connectivity index (χ3v) is 3.26. The van der Waals surface area contributed by atoms with Crippen LogP contribution >= 0.6 is 0 Å². The molecule has 0 saturated heterocycles. The van der Waals surface area contributed by atoms with Crippen LogP contribution in [0.1, 0.15) is 12.5 Å². The average molecular weight is 326 g/mol. The van der Waals surface area contributed by atoms with Crippen LogP contribution in [0, 0.1) is 11.3 Å². The molecule has 0 saturated carbocycles. The van der Waals surface area contributed by atoms with Crippen molar-refractivity contribution in [2.75, 3.05) is 19.5 Å². The van der Waals surface area contributed by atoms with Crippen molar-refractivity contribution < 1.29 is 19.0 Å². The van der Waals surface area contributed by atoms with Crippen molar-refractivity contribution in [1.82, 2.24) is 0 Å². The van der Waals surface area contributed by atoms with E-state index in [1.807, 2.05) is 6.07 Å². The molecule has 0 aromatic heterocycles. The monoisotopic (exact) mass is 326 g/mol. The summed E-state index contributed by atoms with van der Waals surface area (Å²) in [7, 11) is 3.07. The minimum atomic E-state index is -0.740. The van der Waals surface area contributed by atoms with Gasteiger partial charge in [-0.1, -0.05) is 6.07 Å². The predicted molar refractivity (Wildman–Crippen MR) is 89.4 cm³/mol. The number of benzene rings is 2. The van der Waals surface area contributed by atoms with Crippen LogP contribution in [0.15, 0.2) is 42.5 Å². The number of nitrogens with one attached hydrogen (secondary N) is 1. The van der Waals surface area contributed by atoms with E-state index in [4.69, 9.17) is 19.5 Å². The van der Waals surface area contributed by atoms with Crippen LogP contribution < -0.4 is 19.5 Å². The summed E-state index contributed by atoms with van der Waals surface area (Å²) >= 11 is 0. The summed E-state index contributed by atoms with van der Waals surface area (Å²) in [5, 5.41) is 11.6. The number of anilines is 1. The molecule has 2 aromatic rings. The van der Waals surface area contributed by atoms with Crippen LogP contribution in [0.3, 0.4) is 0 Å². The highest BCUT2D eigenvalue weighted by atomic mass is 16.5. The van der Waals surface area contributed by atoms with Crippen LogP contribution in [0.4, 0.5) is 5.69 Å². The van der Waals surface area contributed by atoms with Crippen molar-refractivity contribution >= 4 is 11.6 Å². The number of methoxy groups -OCH3 is 2. The van der Waals surface area contributed by atoms with Crippen LogP contribution in [-0.4, -0.2) is 26.2 Å². The molecule has 124 valence electrons. The van der Waals surface area contributed by atoms with E-state index >= 15 is 0 Å². The van der Waals surface area contributed by atoms with Gasteiger partial charge in [0.05, 0.1) is 25.9 Å². The molecule has 0 aliphatic heterocycles. The zero-order valence-electron chi connectivity index (χ0n) is 13.7. The fourth-order valence-electron chi connectivity index (χ4n) is 2.02. The molecule has 2 aromatic carbocycles. The normalized spacial score (nSPS) is 11.1. The Labute approximate surface area is 140 Å². The topological polar surface area (TPSA) is 80.6 Å². The summed E-state index contributed by atoms with van der Waals surface area (Å²) in [5.74, 6) is 1.27. The molecule has 0 radical (unpaired) electrons. The fourth-order valence-corrected chi connectivity index (χ4v) is 2.02. The van der Waals surface area contributed by atoms with E-state index in [0.29, 0.717) is 28.5 Å². The molecule has 0 spiro atoms. The third kappa shape index (κ3) is 4.40. The molecule has 2 rings (SSSR count). The molecule has 0 heterocycles. The SMILES string of the molecule is COc1cc(NC(=O)C(C)Oc2cccc(C#N)c2)cc(OC)c1. The maximum atomic E-state index is 12.3. The van der Waals surface area contributed by atoms with Gasteiger partial charge in [-0.15, -0.1) is 0 Å². The Balaban J connectivity index is 2.07. The number of hydrogen-bond acceptors (Lipinski definition) is 5. The quantitative estimate of drug-likeness (QED) is 0.882. The van der Waals surface area contributed by atoms with Crippen LogP contribution in [0.25, 0.3) is 0 Å². The number of nitrogens with zero attached hydrogens (tertiary/aromatic N) is 1. The van der Waals surface area contributed by atoms with E-state index in [-0.39, 0.29) is 5.91 Å². The molecule has 1 unspecified atom stereocenters. The van der Waals surface area contributed by atoms with Gasteiger partial charge in [0.1, 0.15) is 17.2 Å². The second-order valence-electron chi connectivity index (χ2n) is 4.99. The van der Waals surface area contributed by atoms with Gasteiger partial charge in [0.2, 0.25) is 0 Å². The van der Waals surface area contributed by atoms with E-state index < -0.39 is 6.10 Å². The zero-order valence-corrected chi connectivity index (χ0v) is 13.7. The number of carbonyl (C=O) groups is 1. The number of hydrogen-bond donors (Lipinski definition) is 1. The second-order valence-corrected chi connectivity index (χ2v) is 4.99. The van der Waals surface area contributed by atoms with Gasteiger partial charge in [0.15, 0.2) is 6.10 Å². The molecule has 1 N–H and O–H groups in total. The van der Waals surface area contributed by atoms with Gasteiger partial charge >= 0.3 is 0 Å². The van der Waals surface area contributed by atoms with Gasteiger partial charge in [-0.25, -0.2) is 0 Å². The Morgan fingerprint density at radius 2 is 1.75 bits per heavy atom. The summed E-state index contributed by atoms with van der Waals surface area (Å²) in [5.41, 5.74) is 1.01. The molecule has 24 heavy (non-hydrogen) atoms. The van der Waals surface area contributed by atoms with E-state index in [9.17, 15) is 4.79 Å². The summed E-state index contributed by atoms with van der Waals surface area (Å²) in [6, 6.07) is 13.7. The maximum absolute atomic E-state index is 12.3. The van der Waals surface area contributed by atoms with Crippen LogP contribution in [0.2, 0.25) is 0 Å². The summed E-state index contributed by atoms with van der Waals surface area (Å²) in [4.78, 5) is 12.3. The van der Waals surface area contributed by atoms with Gasteiger partial charge < -0.3 is 19.5 Å². The van der Waals surface area contributed by atoms with Gasteiger partial charge in [-0.2, -0.15) is 5.26 Å². The van der Waals surface area contributed by atoms with Crippen molar-refractivity contribution in [1.29, 1.82) is 5.26 Å². The third-order valence-electron chi connectivity index (χ3n) is 3.26. The largest absolute Gasteiger partial charge is 0.497 e. The first-order valence-electron chi connectivity index (χ1n) is 7.26. The molecular weight excluding hydrogens is 308 g/mol. The number of amides is 1. The second kappa shape index (κ2) is 7.88. The molecule has 1 atom stereocenters. The molecular formula is C18H18N2O4. The van der Waals surface area contributed by atoms with Crippen molar-refractivity contribution in [2.45, 2.75) is 13.0 Å². The Kier molecular flexibility index (Phi) is 5.63. The van der Waals surface area contributed by atoms with Crippen LogP contribution in [-0.2, 0) is 4.79 Å². The first kappa shape index (κ1) is 17.2. The van der Waals surface area contributed by atoms with Gasteiger partial charge in [-0.05, 0) is 25.1 Å². The van der Waals surface area contributed by atoms with E-state index in [1.54, 1.807) is 49.4 Å². The Bertz CT molecular complexity index is 746. The number of rotatable bonds is 6. The summed E-state index contributed by atoms with van der Waals surface area (Å²) in [6.07, 6.45) is -0.740. The summed E-state index contributed by atoms with van der Waals surface area (Å²) < 4.78 is 15.9. The lowest BCUT2D eigenvalue weighted by molar-refractivity contribution is -0.122. The minimum Gasteiger partial charge on any atom is -0.497 e. The van der Waals surface area contributed by atoms with Gasteiger partial charge in [0, 0.05) is 23.9 Å². The molecule has 0 aliphatic carbocycles. The highest BCUT2D eigenvalue weighted by Gasteiger charge is 2.16. The predicted octanol–water partition coefficient (Wildman–Crippen LogP) is 2.98. The first-order chi connectivity index (χ1) is 11.5. The van der Waals surface area contributed by atoms with Crippen molar-refractivity contribution in [2.24, 2.45) is 0 Å². The lowest BCUT2D eigenvalue weighted by atomic mass is 10.2. The highest BCUT2D eigenvalue weighted by Crippen LogP contribution is 2.26. The van der Waals surface area contributed by atoms with Crippen molar-refractivity contribution in [3.05, 3.63) is 48.0 Å². The molecule has 0 aliphatic rings. The molecule has 1 amide bonds. The standard InChI is InChI=1S/C18H18N2O4/c1-12(24-15-6-4-5-13(7-15)11-19)18(21)20-14-8-16(22-2)10-17(9-14)23-3/h4-10,12H,1-3H3,(H,20,21). The highest BCUT2D eigenvalue weighted by molar-refractivity contribution is 5.94. The minimum absolute atomic E-state index is 0.326. The first-order valence-corrected chi connectivity index (χ1v) is 7.26. The summed E-state index contributed by atoms with van der Waals surface area (Å²) in [6.45, 7) is 1.63. The van der Waals surface area contributed by atoms with Crippen LogP contribution in [0.5, 0.6) is 17.2 Å². The van der Waals surface area contributed by atoms with E-state index in [0.717, 1.165) is 0 Å². The lowest BCUT2D eigenvalue weighted by Crippen LogP contribution is -2.30. The van der Waals surface area contributed by atoms with Gasteiger partial charge in [-0.3, -0.25) is 4.79 Å². The molecule has 6 heteroatoms. The number of carbonyl (C=O) groups excluding carboxylic acids is 1. The number of ether oxygens (including phenoxy) is 3. The Morgan fingerprint density at radius 1 is 1.08 bits per heavy atom. The molecule has 0 bridgehead atoms. The Hall–Kier alpha value is -3.20. The molecule has 0 fully saturated rings. The molecule has 6 nitrogen and oxygen atoms in total. The average Bonchev–Trinajstić information content (AvgIpc) is 2.61. The van der Waals surface area contributed by atoms with Crippen molar-refractivity contribution in [3.8, 4) is 23.3 Å². The van der Waals surface area contributed by atoms with E-state index in [1.165, 1.54) is 14.2 Å². The lowest BCUT2D eigenvalue weighted by Gasteiger charge is -2.16. The van der Waals surface area contributed by atoms with Gasteiger partial charge in [0.25, 0.3) is 5.91 Å². The number of nitriles is 1. The zero-order chi connectivity index (χ0) is 17.5.